The van der Waals surface area contributed by atoms with E-state index >= 15 is 0 Å². The third-order valence-corrected chi connectivity index (χ3v) is 5.45. The van der Waals surface area contributed by atoms with E-state index in [1.54, 1.807) is 0 Å². The SMILES string of the molecule is CCNC(=NCC1CCN(CC(F)(F)F)C1)NCC1CCCOC1C(C)(C)C. The van der Waals surface area contributed by atoms with Gasteiger partial charge in [0.2, 0.25) is 0 Å². The largest absolute Gasteiger partial charge is 0.401 e. The lowest BCUT2D eigenvalue weighted by molar-refractivity contribution is -0.143. The van der Waals surface area contributed by atoms with Gasteiger partial charge in [-0.25, -0.2) is 0 Å². The van der Waals surface area contributed by atoms with Crippen LogP contribution in [0.2, 0.25) is 0 Å². The molecule has 2 aliphatic heterocycles. The predicted molar refractivity (Wildman–Crippen MR) is 107 cm³/mol. The molecule has 2 rings (SSSR count). The summed E-state index contributed by atoms with van der Waals surface area (Å²) in [4.78, 5) is 6.12. The lowest BCUT2D eigenvalue weighted by Crippen LogP contribution is -2.47. The molecule has 0 saturated carbocycles. The molecular weight excluding hydrogens is 369 g/mol. The summed E-state index contributed by atoms with van der Waals surface area (Å²) in [5, 5.41) is 6.68. The van der Waals surface area contributed by atoms with Crippen molar-refractivity contribution in [3.63, 3.8) is 0 Å². The van der Waals surface area contributed by atoms with Gasteiger partial charge in [-0.1, -0.05) is 20.8 Å². The van der Waals surface area contributed by atoms with Crippen LogP contribution in [0.15, 0.2) is 4.99 Å². The molecule has 0 aliphatic carbocycles. The Morgan fingerprint density at radius 2 is 1.93 bits per heavy atom. The lowest BCUT2D eigenvalue weighted by Gasteiger charge is -2.40. The minimum Gasteiger partial charge on any atom is -0.377 e. The van der Waals surface area contributed by atoms with Gasteiger partial charge in [0, 0.05) is 38.7 Å². The van der Waals surface area contributed by atoms with E-state index in [0.717, 1.165) is 44.9 Å². The zero-order valence-electron chi connectivity index (χ0n) is 17.7. The Morgan fingerprint density at radius 1 is 1.18 bits per heavy atom. The molecule has 8 heteroatoms. The van der Waals surface area contributed by atoms with Gasteiger partial charge in [0.15, 0.2) is 5.96 Å². The van der Waals surface area contributed by atoms with Gasteiger partial charge in [0.1, 0.15) is 0 Å². The van der Waals surface area contributed by atoms with Crippen molar-refractivity contribution in [3.8, 4) is 0 Å². The van der Waals surface area contributed by atoms with Gasteiger partial charge in [-0.3, -0.25) is 9.89 Å². The van der Waals surface area contributed by atoms with Crippen LogP contribution in [-0.4, -0.2) is 69.0 Å². The first-order chi connectivity index (χ1) is 13.1. The van der Waals surface area contributed by atoms with Crippen LogP contribution in [0.25, 0.3) is 0 Å². The van der Waals surface area contributed by atoms with Gasteiger partial charge in [-0.2, -0.15) is 13.2 Å². The molecule has 0 radical (unpaired) electrons. The molecule has 2 saturated heterocycles. The summed E-state index contributed by atoms with van der Waals surface area (Å²) in [6, 6.07) is 0. The number of hydrogen-bond acceptors (Lipinski definition) is 3. The number of rotatable bonds is 6. The maximum atomic E-state index is 12.5. The fourth-order valence-electron chi connectivity index (χ4n) is 4.26. The van der Waals surface area contributed by atoms with Crippen LogP contribution >= 0.6 is 0 Å². The van der Waals surface area contributed by atoms with Crippen molar-refractivity contribution in [1.82, 2.24) is 15.5 Å². The molecule has 2 heterocycles. The molecule has 0 amide bonds. The number of hydrogen-bond donors (Lipinski definition) is 2. The highest BCUT2D eigenvalue weighted by Crippen LogP contribution is 2.33. The standard InChI is InChI=1S/C20H37F3N4O/c1-5-24-18(25-11-15-8-9-27(13-15)14-20(21,22)23)26-12-16-7-6-10-28-17(16)19(2,3)4/h15-17H,5-14H2,1-4H3,(H2,24,25,26). The average molecular weight is 407 g/mol. The average Bonchev–Trinajstić information content (AvgIpc) is 3.02. The predicted octanol–water partition coefficient (Wildman–Crippen LogP) is 3.27. The van der Waals surface area contributed by atoms with Crippen LogP contribution in [0.5, 0.6) is 0 Å². The van der Waals surface area contributed by atoms with E-state index in [-0.39, 0.29) is 17.4 Å². The maximum absolute atomic E-state index is 12.5. The monoisotopic (exact) mass is 406 g/mol. The number of nitrogens with one attached hydrogen (secondary N) is 2. The minimum atomic E-state index is -4.12. The molecule has 28 heavy (non-hydrogen) atoms. The van der Waals surface area contributed by atoms with Crippen molar-refractivity contribution in [2.75, 3.05) is 45.9 Å². The van der Waals surface area contributed by atoms with E-state index in [1.807, 2.05) is 6.92 Å². The fourth-order valence-corrected chi connectivity index (χ4v) is 4.26. The summed E-state index contributed by atoms with van der Waals surface area (Å²) in [5.41, 5.74) is 0.0913. The third-order valence-electron chi connectivity index (χ3n) is 5.45. The number of ether oxygens (including phenoxy) is 1. The number of halogens is 3. The van der Waals surface area contributed by atoms with Gasteiger partial charge in [0.25, 0.3) is 0 Å². The quantitative estimate of drug-likeness (QED) is 0.525. The highest BCUT2D eigenvalue weighted by molar-refractivity contribution is 5.79. The summed E-state index contributed by atoms with van der Waals surface area (Å²) in [6.45, 7) is 11.7. The van der Waals surface area contributed by atoms with Crippen molar-refractivity contribution in [3.05, 3.63) is 0 Å². The Kier molecular flexibility index (Phi) is 8.43. The van der Waals surface area contributed by atoms with Crippen molar-refractivity contribution in [1.29, 1.82) is 0 Å². The van der Waals surface area contributed by atoms with Crippen LogP contribution in [0.3, 0.4) is 0 Å². The summed E-state index contributed by atoms with van der Waals surface area (Å²) < 4.78 is 43.7. The highest BCUT2D eigenvalue weighted by atomic mass is 19.4. The lowest BCUT2D eigenvalue weighted by atomic mass is 9.78. The van der Waals surface area contributed by atoms with Gasteiger partial charge >= 0.3 is 6.18 Å². The molecule has 3 unspecified atom stereocenters. The molecule has 0 aromatic rings. The Hall–Kier alpha value is -1.02. The number of alkyl halides is 3. The number of nitrogens with zero attached hydrogens (tertiary/aromatic N) is 2. The van der Waals surface area contributed by atoms with E-state index in [4.69, 9.17) is 4.74 Å². The van der Waals surface area contributed by atoms with Gasteiger partial charge in [0.05, 0.1) is 12.6 Å². The Bertz CT molecular complexity index is 505. The molecule has 5 nitrogen and oxygen atoms in total. The molecule has 0 aromatic heterocycles. The number of likely N-dealkylation sites (tertiary alicyclic amines) is 1. The van der Waals surface area contributed by atoms with Crippen LogP contribution < -0.4 is 10.6 Å². The second kappa shape index (κ2) is 10.1. The summed E-state index contributed by atoms with van der Waals surface area (Å²) in [7, 11) is 0. The highest BCUT2D eigenvalue weighted by Gasteiger charge is 2.36. The van der Waals surface area contributed by atoms with E-state index in [0.29, 0.717) is 25.6 Å². The van der Waals surface area contributed by atoms with Crippen molar-refractivity contribution >= 4 is 5.96 Å². The second-order valence-corrected chi connectivity index (χ2v) is 9.17. The third kappa shape index (κ3) is 7.78. The van der Waals surface area contributed by atoms with E-state index in [2.05, 4.69) is 36.4 Å². The summed E-state index contributed by atoms with van der Waals surface area (Å²) in [6.07, 6.45) is -0.947. The van der Waals surface area contributed by atoms with Gasteiger partial charge in [-0.15, -0.1) is 0 Å². The van der Waals surface area contributed by atoms with Crippen LogP contribution in [0.1, 0.15) is 47.0 Å². The molecule has 2 fully saturated rings. The first kappa shape index (κ1) is 23.3. The molecule has 0 bridgehead atoms. The molecule has 2 N–H and O–H groups in total. The topological polar surface area (TPSA) is 48.9 Å². The van der Waals surface area contributed by atoms with Crippen molar-refractivity contribution in [2.24, 2.45) is 22.2 Å². The molecule has 2 aliphatic rings. The molecular formula is C20H37F3N4O. The second-order valence-electron chi connectivity index (χ2n) is 9.17. The summed E-state index contributed by atoms with van der Waals surface area (Å²) >= 11 is 0. The smallest absolute Gasteiger partial charge is 0.377 e. The first-order valence-electron chi connectivity index (χ1n) is 10.5. The Labute approximate surface area is 167 Å². The van der Waals surface area contributed by atoms with E-state index < -0.39 is 12.7 Å². The maximum Gasteiger partial charge on any atom is 0.401 e. The molecule has 164 valence electrons. The van der Waals surface area contributed by atoms with Crippen LogP contribution in [0, 0.1) is 17.3 Å². The Balaban J connectivity index is 1.85. The van der Waals surface area contributed by atoms with Gasteiger partial charge < -0.3 is 15.4 Å². The van der Waals surface area contributed by atoms with Crippen LogP contribution in [-0.2, 0) is 4.74 Å². The molecule has 0 spiro atoms. The van der Waals surface area contributed by atoms with Crippen molar-refractivity contribution < 1.29 is 17.9 Å². The normalized spacial score (nSPS) is 27.8. The van der Waals surface area contributed by atoms with E-state index in [9.17, 15) is 13.2 Å². The minimum absolute atomic E-state index is 0.0913. The summed E-state index contributed by atoms with van der Waals surface area (Å²) in [5.74, 6) is 1.35. The first-order valence-corrected chi connectivity index (χ1v) is 10.5. The number of aliphatic imine (C=N–C) groups is 1. The molecule has 0 aromatic carbocycles. The molecule has 3 atom stereocenters. The fraction of sp³-hybridized carbons (Fsp3) is 0.950. The zero-order chi connectivity index (χ0) is 20.8. The Morgan fingerprint density at radius 3 is 2.57 bits per heavy atom. The van der Waals surface area contributed by atoms with Crippen molar-refractivity contribution in [2.45, 2.75) is 59.2 Å². The van der Waals surface area contributed by atoms with Crippen LogP contribution in [0.4, 0.5) is 13.2 Å². The zero-order valence-corrected chi connectivity index (χ0v) is 17.7. The van der Waals surface area contributed by atoms with E-state index in [1.165, 1.54) is 4.90 Å². The van der Waals surface area contributed by atoms with Gasteiger partial charge in [-0.05, 0) is 44.1 Å². The number of guanidine groups is 1.